The van der Waals surface area contributed by atoms with Crippen molar-refractivity contribution in [3.63, 3.8) is 0 Å². The van der Waals surface area contributed by atoms with Gasteiger partial charge in [0.2, 0.25) is 0 Å². The van der Waals surface area contributed by atoms with Crippen LogP contribution < -0.4 is 5.32 Å². The van der Waals surface area contributed by atoms with Gasteiger partial charge in [-0.25, -0.2) is 0 Å². The third-order valence-corrected chi connectivity index (χ3v) is 6.72. The van der Waals surface area contributed by atoms with Gasteiger partial charge in [0.15, 0.2) is 5.96 Å². The van der Waals surface area contributed by atoms with Crippen molar-refractivity contribution < 1.29 is 4.74 Å². The van der Waals surface area contributed by atoms with Crippen molar-refractivity contribution >= 4 is 5.96 Å². The fourth-order valence-electron chi connectivity index (χ4n) is 4.22. The van der Waals surface area contributed by atoms with Gasteiger partial charge in [-0.2, -0.15) is 0 Å². The molecule has 3 aliphatic rings. The van der Waals surface area contributed by atoms with Crippen LogP contribution in [-0.2, 0) is 4.74 Å². The smallest absolute Gasteiger partial charge is 0.193 e. The molecule has 2 heterocycles. The summed E-state index contributed by atoms with van der Waals surface area (Å²) in [5.74, 6) is 1.82. The maximum atomic E-state index is 5.50. The Morgan fingerprint density at radius 2 is 1.78 bits per heavy atom. The number of piperazine rings is 1. The predicted molar refractivity (Wildman–Crippen MR) is 94.8 cm³/mol. The standard InChI is InChI=1S/C18H34N4O/c1-17(2)15(18(17,3)4)20-16(19-5)22-9-7-21(8-10-22)12-14-6-11-23-13-14/h14-15H,6-13H2,1-5H3,(H,19,20). The number of ether oxygens (including phenoxy) is 1. The van der Waals surface area contributed by atoms with E-state index in [9.17, 15) is 0 Å². The third-order valence-electron chi connectivity index (χ3n) is 6.72. The van der Waals surface area contributed by atoms with Crippen molar-refractivity contribution in [2.45, 2.75) is 40.2 Å². The van der Waals surface area contributed by atoms with E-state index in [1.54, 1.807) is 0 Å². The van der Waals surface area contributed by atoms with Crippen molar-refractivity contribution in [3.05, 3.63) is 0 Å². The van der Waals surface area contributed by atoms with Gasteiger partial charge >= 0.3 is 0 Å². The molecule has 0 bridgehead atoms. The van der Waals surface area contributed by atoms with Crippen LogP contribution in [0.3, 0.4) is 0 Å². The van der Waals surface area contributed by atoms with Crippen LogP contribution in [0.4, 0.5) is 0 Å². The molecule has 1 unspecified atom stereocenters. The average molecular weight is 322 g/mol. The van der Waals surface area contributed by atoms with Gasteiger partial charge in [0.1, 0.15) is 0 Å². The van der Waals surface area contributed by atoms with E-state index in [0.717, 1.165) is 51.3 Å². The number of nitrogens with zero attached hydrogens (tertiary/aromatic N) is 3. The second-order valence-corrected chi connectivity index (χ2v) is 8.59. The third kappa shape index (κ3) is 3.22. The van der Waals surface area contributed by atoms with Crippen LogP contribution in [-0.4, -0.2) is 74.8 Å². The number of aliphatic imine (C=N–C) groups is 1. The lowest BCUT2D eigenvalue weighted by molar-refractivity contribution is 0.139. The Bertz CT molecular complexity index is 432. The van der Waals surface area contributed by atoms with Crippen molar-refractivity contribution in [1.82, 2.24) is 15.1 Å². The zero-order chi connectivity index (χ0) is 16.7. The molecule has 2 aliphatic heterocycles. The van der Waals surface area contributed by atoms with Crippen LogP contribution in [0, 0.1) is 16.7 Å². The molecule has 0 spiro atoms. The average Bonchev–Trinajstić information content (AvgIpc) is 2.91. The normalized spacial score (nSPS) is 31.4. The van der Waals surface area contributed by atoms with Gasteiger partial charge in [-0.15, -0.1) is 0 Å². The second kappa shape index (κ2) is 6.25. The summed E-state index contributed by atoms with van der Waals surface area (Å²) in [5.41, 5.74) is 0.681. The van der Waals surface area contributed by atoms with Crippen LogP contribution in [0.15, 0.2) is 4.99 Å². The van der Waals surface area contributed by atoms with E-state index in [-0.39, 0.29) is 0 Å². The lowest BCUT2D eigenvalue weighted by Gasteiger charge is -2.37. The zero-order valence-corrected chi connectivity index (χ0v) is 15.6. The molecular weight excluding hydrogens is 288 g/mol. The molecule has 1 N–H and O–H groups in total. The number of guanidine groups is 1. The molecule has 2 saturated heterocycles. The minimum Gasteiger partial charge on any atom is -0.381 e. The molecule has 3 fully saturated rings. The highest BCUT2D eigenvalue weighted by Crippen LogP contribution is 2.62. The summed E-state index contributed by atoms with van der Waals surface area (Å²) >= 11 is 0. The van der Waals surface area contributed by atoms with E-state index in [0.29, 0.717) is 16.9 Å². The van der Waals surface area contributed by atoms with Crippen LogP contribution in [0.1, 0.15) is 34.1 Å². The molecule has 0 radical (unpaired) electrons. The van der Waals surface area contributed by atoms with Crippen LogP contribution >= 0.6 is 0 Å². The zero-order valence-electron chi connectivity index (χ0n) is 15.6. The van der Waals surface area contributed by atoms with E-state index in [1.165, 1.54) is 13.0 Å². The van der Waals surface area contributed by atoms with Crippen molar-refractivity contribution in [3.8, 4) is 0 Å². The maximum absolute atomic E-state index is 5.50. The molecule has 1 atom stereocenters. The van der Waals surface area contributed by atoms with Crippen molar-refractivity contribution in [2.75, 3.05) is 53.0 Å². The SMILES string of the molecule is CN=C(NC1C(C)(C)C1(C)C)N1CCN(CC2CCOC2)CC1. The molecule has 0 aromatic carbocycles. The Morgan fingerprint density at radius 1 is 1.13 bits per heavy atom. The lowest BCUT2D eigenvalue weighted by atomic mass is 10.0. The van der Waals surface area contributed by atoms with Gasteiger partial charge in [-0.1, -0.05) is 27.7 Å². The molecule has 3 rings (SSSR count). The number of hydrogen-bond acceptors (Lipinski definition) is 3. The highest BCUT2D eigenvalue weighted by molar-refractivity contribution is 5.81. The molecule has 1 saturated carbocycles. The molecule has 0 aromatic heterocycles. The predicted octanol–water partition coefficient (Wildman–Crippen LogP) is 1.65. The molecule has 132 valence electrons. The topological polar surface area (TPSA) is 40.1 Å². The Kier molecular flexibility index (Phi) is 4.62. The summed E-state index contributed by atoms with van der Waals surface area (Å²) < 4.78 is 5.50. The Morgan fingerprint density at radius 3 is 2.26 bits per heavy atom. The van der Waals surface area contributed by atoms with Gasteiger partial charge in [-0.05, 0) is 23.2 Å². The van der Waals surface area contributed by atoms with E-state index in [4.69, 9.17) is 4.74 Å². The van der Waals surface area contributed by atoms with Crippen LogP contribution in [0.5, 0.6) is 0 Å². The molecule has 5 heteroatoms. The first kappa shape index (κ1) is 17.0. The summed E-state index contributed by atoms with van der Waals surface area (Å²) in [6.45, 7) is 16.9. The second-order valence-electron chi connectivity index (χ2n) is 8.59. The summed E-state index contributed by atoms with van der Waals surface area (Å²) in [4.78, 5) is 9.56. The Balaban J connectivity index is 1.48. The quantitative estimate of drug-likeness (QED) is 0.634. The Labute approximate surface area is 141 Å². The first-order valence-electron chi connectivity index (χ1n) is 9.14. The van der Waals surface area contributed by atoms with Gasteiger partial charge in [-0.3, -0.25) is 9.89 Å². The van der Waals surface area contributed by atoms with E-state index in [2.05, 4.69) is 47.8 Å². The maximum Gasteiger partial charge on any atom is 0.193 e. The monoisotopic (exact) mass is 322 g/mol. The first-order chi connectivity index (χ1) is 10.9. The van der Waals surface area contributed by atoms with Crippen LogP contribution in [0.2, 0.25) is 0 Å². The summed E-state index contributed by atoms with van der Waals surface area (Å²) in [5, 5.41) is 3.72. The summed E-state index contributed by atoms with van der Waals surface area (Å²) in [6, 6.07) is 0.516. The Hall–Kier alpha value is -0.810. The fourth-order valence-corrected chi connectivity index (χ4v) is 4.22. The first-order valence-corrected chi connectivity index (χ1v) is 9.14. The molecule has 1 aliphatic carbocycles. The number of hydrogen-bond donors (Lipinski definition) is 1. The van der Waals surface area contributed by atoms with Gasteiger partial charge < -0.3 is 15.0 Å². The number of rotatable bonds is 3. The molecular formula is C18H34N4O. The van der Waals surface area contributed by atoms with Gasteiger partial charge in [0, 0.05) is 52.4 Å². The summed E-state index contributed by atoms with van der Waals surface area (Å²) in [7, 11) is 1.91. The van der Waals surface area contributed by atoms with Gasteiger partial charge in [0.25, 0.3) is 0 Å². The van der Waals surface area contributed by atoms with Gasteiger partial charge in [0.05, 0.1) is 6.61 Å². The lowest BCUT2D eigenvalue weighted by Crippen LogP contribution is -2.54. The highest BCUT2D eigenvalue weighted by Gasteiger charge is 2.65. The molecule has 0 amide bonds. The number of nitrogens with one attached hydrogen (secondary N) is 1. The minimum atomic E-state index is 0.341. The molecule has 5 nitrogen and oxygen atoms in total. The van der Waals surface area contributed by atoms with Crippen molar-refractivity contribution in [1.29, 1.82) is 0 Å². The van der Waals surface area contributed by atoms with Crippen LogP contribution in [0.25, 0.3) is 0 Å². The van der Waals surface area contributed by atoms with Crippen molar-refractivity contribution in [2.24, 2.45) is 21.7 Å². The highest BCUT2D eigenvalue weighted by atomic mass is 16.5. The van der Waals surface area contributed by atoms with E-state index < -0.39 is 0 Å². The van der Waals surface area contributed by atoms with E-state index >= 15 is 0 Å². The summed E-state index contributed by atoms with van der Waals surface area (Å²) in [6.07, 6.45) is 1.23. The fraction of sp³-hybridized carbons (Fsp3) is 0.944. The molecule has 23 heavy (non-hydrogen) atoms. The van der Waals surface area contributed by atoms with E-state index in [1.807, 2.05) is 7.05 Å². The molecule has 0 aromatic rings. The largest absolute Gasteiger partial charge is 0.381 e. The minimum absolute atomic E-state index is 0.341.